The molecule has 1 aromatic rings. The van der Waals surface area contributed by atoms with Gasteiger partial charge in [-0.05, 0) is 12.1 Å². The van der Waals surface area contributed by atoms with E-state index in [0.29, 0.717) is 0 Å². The molecule has 0 spiro atoms. The van der Waals surface area contributed by atoms with Gasteiger partial charge in [0, 0.05) is 0 Å². The van der Waals surface area contributed by atoms with Crippen molar-refractivity contribution in [3.63, 3.8) is 0 Å². The Bertz CT molecular complexity index is 465. The van der Waals surface area contributed by atoms with E-state index in [1.165, 1.54) is 29.7 Å². The molecule has 1 aromatic carbocycles. The van der Waals surface area contributed by atoms with Crippen LogP contribution in [-0.2, 0) is 0 Å². The minimum Gasteiger partial charge on any atom is -0.269 e. The number of nitro groups is 2. The minimum absolute atomic E-state index is 0.0395. The van der Waals surface area contributed by atoms with Crippen molar-refractivity contribution in [3.8, 4) is 0 Å². The third-order valence-electron chi connectivity index (χ3n) is 1.78. The van der Waals surface area contributed by atoms with Gasteiger partial charge >= 0.3 is 6.03 Å². The summed E-state index contributed by atoms with van der Waals surface area (Å²) in [5.74, 6) is 4.73. The van der Waals surface area contributed by atoms with Gasteiger partial charge in [0.05, 0.1) is 5.12 Å². The molecule has 0 radical (unpaired) electrons. The zero-order valence-corrected chi connectivity index (χ0v) is 8.79. The Morgan fingerprint density at radius 2 is 1.72 bits per heavy atom. The second-order valence-corrected chi connectivity index (χ2v) is 2.84. The van der Waals surface area contributed by atoms with Gasteiger partial charge in [0.25, 0.3) is 0 Å². The molecule has 0 atom stereocenters. The molecular weight excluding hydrogens is 248 g/mol. The van der Waals surface area contributed by atoms with E-state index in [9.17, 15) is 25.0 Å². The topological polar surface area (TPSA) is 148 Å². The lowest BCUT2D eigenvalue weighted by atomic mass is 10.3. The van der Waals surface area contributed by atoms with Crippen LogP contribution in [0.3, 0.4) is 0 Å². The second kappa shape index (κ2) is 5.40. The second-order valence-electron chi connectivity index (χ2n) is 2.84. The molecule has 2 amide bonds. The molecule has 0 unspecified atom stereocenters. The fourth-order valence-electron chi connectivity index (χ4n) is 1.12. The zero-order valence-electron chi connectivity index (χ0n) is 8.79. The summed E-state index contributed by atoms with van der Waals surface area (Å²) in [6.07, 6.45) is 0. The third kappa shape index (κ3) is 2.59. The first kappa shape index (κ1) is 13.1. The summed E-state index contributed by atoms with van der Waals surface area (Å²) >= 11 is 0. The maximum Gasteiger partial charge on any atom is 0.421 e. The molecular formula is C7H8N6O5. The SMILES string of the molecule is NNC(=O)N(N(c1ccccc1)[N+](=O)[O-])[N+](=O)[O-]. The minimum atomic E-state index is -1.46. The number of urea groups is 1. The van der Waals surface area contributed by atoms with Crippen LogP contribution in [0.2, 0.25) is 0 Å². The van der Waals surface area contributed by atoms with Crippen LogP contribution in [0.25, 0.3) is 0 Å². The molecule has 11 nitrogen and oxygen atoms in total. The lowest BCUT2D eigenvalue weighted by Crippen LogP contribution is -2.57. The number of nitrogens with one attached hydrogen (secondary N) is 1. The van der Waals surface area contributed by atoms with Gasteiger partial charge in [-0.15, -0.1) is 0 Å². The number of rotatable bonds is 4. The molecule has 0 saturated carbocycles. The van der Waals surface area contributed by atoms with Crippen molar-refractivity contribution in [2.24, 2.45) is 5.84 Å². The van der Waals surface area contributed by atoms with Crippen molar-refractivity contribution in [3.05, 3.63) is 50.6 Å². The molecule has 0 aromatic heterocycles. The third-order valence-corrected chi connectivity index (χ3v) is 1.78. The smallest absolute Gasteiger partial charge is 0.269 e. The number of para-hydroxylation sites is 1. The van der Waals surface area contributed by atoms with Gasteiger partial charge < -0.3 is 0 Å². The van der Waals surface area contributed by atoms with Crippen molar-refractivity contribution in [1.29, 1.82) is 0 Å². The molecule has 11 heteroatoms. The average Bonchev–Trinajstić information content (AvgIpc) is 2.35. The van der Waals surface area contributed by atoms with Crippen LogP contribution < -0.4 is 16.4 Å². The van der Waals surface area contributed by atoms with Crippen molar-refractivity contribution >= 4 is 11.7 Å². The van der Waals surface area contributed by atoms with Crippen LogP contribution >= 0.6 is 0 Å². The lowest BCUT2D eigenvalue weighted by molar-refractivity contribution is -0.696. The van der Waals surface area contributed by atoms with Gasteiger partial charge in [-0.2, -0.15) is 0 Å². The van der Waals surface area contributed by atoms with Gasteiger partial charge in [0.2, 0.25) is 0 Å². The van der Waals surface area contributed by atoms with Gasteiger partial charge in [0.1, 0.15) is 10.8 Å². The van der Waals surface area contributed by atoms with E-state index < -0.39 is 16.1 Å². The highest BCUT2D eigenvalue weighted by molar-refractivity contribution is 5.73. The van der Waals surface area contributed by atoms with Gasteiger partial charge in [0.15, 0.2) is 10.1 Å². The monoisotopic (exact) mass is 256 g/mol. The summed E-state index contributed by atoms with van der Waals surface area (Å²) in [5.41, 5.74) is 1.27. The van der Waals surface area contributed by atoms with E-state index in [0.717, 1.165) is 0 Å². The Labute approximate surface area is 99.6 Å². The number of anilines is 1. The predicted molar refractivity (Wildman–Crippen MR) is 57.5 cm³/mol. The van der Waals surface area contributed by atoms with E-state index in [-0.39, 0.29) is 15.9 Å². The highest BCUT2D eigenvalue weighted by atomic mass is 16.7. The number of carbonyl (C=O) groups is 1. The average molecular weight is 256 g/mol. The fraction of sp³-hybridized carbons (Fsp3) is 0. The molecule has 18 heavy (non-hydrogen) atoms. The van der Waals surface area contributed by atoms with Crippen LogP contribution in [0, 0.1) is 20.2 Å². The van der Waals surface area contributed by atoms with E-state index in [1.54, 1.807) is 6.07 Å². The number of amides is 2. The normalized spacial score (nSPS) is 9.39. The van der Waals surface area contributed by atoms with E-state index in [2.05, 4.69) is 0 Å². The summed E-state index contributed by atoms with van der Waals surface area (Å²) in [4.78, 5) is 32.7. The maximum atomic E-state index is 11.2. The molecule has 0 aliphatic carbocycles. The number of nitrogens with two attached hydrogens (primary N) is 1. The molecule has 0 heterocycles. The largest absolute Gasteiger partial charge is 0.421 e. The van der Waals surface area contributed by atoms with E-state index in [4.69, 9.17) is 5.84 Å². The summed E-state index contributed by atoms with van der Waals surface area (Å²) in [6.45, 7) is 0. The summed E-state index contributed by atoms with van der Waals surface area (Å²) in [6, 6.07) is 5.39. The molecule has 0 aliphatic heterocycles. The molecule has 96 valence electrons. The van der Waals surface area contributed by atoms with Gasteiger partial charge in [-0.1, -0.05) is 18.2 Å². The van der Waals surface area contributed by atoms with Crippen LogP contribution in [0.5, 0.6) is 0 Å². The van der Waals surface area contributed by atoms with Crippen molar-refractivity contribution < 1.29 is 14.9 Å². The highest BCUT2D eigenvalue weighted by Crippen LogP contribution is 2.16. The molecule has 1 rings (SSSR count). The van der Waals surface area contributed by atoms with Gasteiger partial charge in [-0.3, -0.25) is 5.43 Å². The van der Waals surface area contributed by atoms with Crippen LogP contribution in [0.4, 0.5) is 10.5 Å². The lowest BCUT2D eigenvalue weighted by Gasteiger charge is -2.17. The zero-order chi connectivity index (χ0) is 13.7. The number of hydrogen-bond acceptors (Lipinski definition) is 6. The van der Waals surface area contributed by atoms with Crippen LogP contribution in [0.15, 0.2) is 30.3 Å². The Hall–Kier alpha value is -2.95. The number of nitrogens with zero attached hydrogens (tertiary/aromatic N) is 4. The van der Waals surface area contributed by atoms with Crippen molar-refractivity contribution in [2.45, 2.75) is 0 Å². The standard InChI is InChI=1S/C7H8N6O5/c8-9-7(14)11(13(17)18)10(12(15)16)6-4-2-1-3-5-6/h1-5H,8H2,(H,9,14). The van der Waals surface area contributed by atoms with Crippen LogP contribution in [-0.4, -0.2) is 21.2 Å². The fourth-order valence-corrected chi connectivity index (χ4v) is 1.12. The molecule has 0 fully saturated rings. The van der Waals surface area contributed by atoms with E-state index in [1.807, 2.05) is 0 Å². The maximum absolute atomic E-state index is 11.2. The van der Waals surface area contributed by atoms with Gasteiger partial charge in [-0.25, -0.2) is 30.9 Å². The highest BCUT2D eigenvalue weighted by Gasteiger charge is 2.40. The Morgan fingerprint density at radius 3 is 2.11 bits per heavy atom. The quantitative estimate of drug-likeness (QED) is 0.324. The molecule has 3 N–H and O–H groups in total. The van der Waals surface area contributed by atoms with E-state index >= 15 is 0 Å². The first-order valence-electron chi connectivity index (χ1n) is 4.43. The Kier molecular flexibility index (Phi) is 3.93. The number of benzene rings is 1. The first-order valence-corrected chi connectivity index (χ1v) is 4.43. The molecule has 0 aliphatic rings. The number of hydrazine groups is 4. The Morgan fingerprint density at radius 1 is 1.17 bits per heavy atom. The number of carbonyl (C=O) groups excluding carboxylic acids is 1. The molecule has 0 saturated heterocycles. The van der Waals surface area contributed by atoms with Crippen LogP contribution in [0.1, 0.15) is 0 Å². The van der Waals surface area contributed by atoms with Crippen molar-refractivity contribution in [1.82, 2.24) is 10.5 Å². The predicted octanol–water partition coefficient (Wildman–Crippen LogP) is -0.323. The first-order chi connectivity index (χ1) is 8.49. The van der Waals surface area contributed by atoms with Crippen molar-refractivity contribution in [2.75, 3.05) is 5.12 Å². The summed E-state index contributed by atoms with van der Waals surface area (Å²) in [7, 11) is 0. The summed E-state index contributed by atoms with van der Waals surface area (Å²) < 4.78 is 0. The summed E-state index contributed by atoms with van der Waals surface area (Å²) in [5, 5.41) is 18.7. The Balaban J connectivity index is 3.22. The number of hydrogen-bond donors (Lipinski definition) is 2. The molecule has 0 bridgehead atoms.